The van der Waals surface area contributed by atoms with E-state index in [1.807, 2.05) is 43.3 Å². The van der Waals surface area contributed by atoms with E-state index in [-0.39, 0.29) is 6.03 Å². The molecule has 116 valence electrons. The van der Waals surface area contributed by atoms with E-state index in [2.05, 4.69) is 5.32 Å². The second kappa shape index (κ2) is 7.36. The molecule has 0 atom stereocenters. The quantitative estimate of drug-likeness (QED) is 0.909. The van der Waals surface area contributed by atoms with Crippen molar-refractivity contribution in [2.45, 2.75) is 6.92 Å². The van der Waals surface area contributed by atoms with E-state index in [0.717, 1.165) is 17.2 Å². The van der Waals surface area contributed by atoms with Crippen LogP contribution in [0.5, 0.6) is 17.2 Å². The fourth-order valence-corrected chi connectivity index (χ4v) is 1.75. The first-order valence-electron chi connectivity index (χ1n) is 7.07. The molecule has 22 heavy (non-hydrogen) atoms. The summed E-state index contributed by atoms with van der Waals surface area (Å²) in [6, 6.07) is 14.5. The van der Waals surface area contributed by atoms with Crippen LogP contribution in [-0.2, 0) is 0 Å². The normalized spacial score (nSPS) is 9.95. The van der Waals surface area contributed by atoms with Gasteiger partial charge in [0.2, 0.25) is 0 Å². The van der Waals surface area contributed by atoms with Crippen LogP contribution in [0.25, 0.3) is 0 Å². The lowest BCUT2D eigenvalue weighted by Crippen LogP contribution is -2.27. The Balaban J connectivity index is 1.97. The van der Waals surface area contributed by atoms with Crippen molar-refractivity contribution in [2.24, 2.45) is 0 Å². The smallest absolute Gasteiger partial charge is 0.321 e. The number of nitrogens with zero attached hydrogens (tertiary/aromatic N) is 1. The van der Waals surface area contributed by atoms with Crippen LogP contribution < -0.4 is 14.8 Å². The average Bonchev–Trinajstić information content (AvgIpc) is 2.51. The van der Waals surface area contributed by atoms with Crippen LogP contribution in [0.3, 0.4) is 0 Å². The zero-order chi connectivity index (χ0) is 15.9. The molecule has 0 fully saturated rings. The molecule has 0 spiro atoms. The number of amides is 2. The molecule has 1 N–H and O–H groups in total. The standard InChI is InChI=1S/C17H20N2O3/c1-4-21-14-9-11-16(12-10-14)22-15-7-5-13(6-8-15)18-17(20)19(2)3/h5-12H,4H2,1-3H3,(H,18,20). The lowest BCUT2D eigenvalue weighted by atomic mass is 10.3. The molecular formula is C17H20N2O3. The van der Waals surface area contributed by atoms with Crippen molar-refractivity contribution in [3.05, 3.63) is 48.5 Å². The van der Waals surface area contributed by atoms with E-state index in [4.69, 9.17) is 9.47 Å². The van der Waals surface area contributed by atoms with E-state index in [9.17, 15) is 4.79 Å². The molecule has 0 unspecified atom stereocenters. The average molecular weight is 300 g/mol. The largest absolute Gasteiger partial charge is 0.494 e. The van der Waals surface area contributed by atoms with Gasteiger partial charge in [0.05, 0.1) is 6.61 Å². The van der Waals surface area contributed by atoms with Gasteiger partial charge >= 0.3 is 6.03 Å². The van der Waals surface area contributed by atoms with Gasteiger partial charge in [0.1, 0.15) is 17.2 Å². The van der Waals surface area contributed by atoms with Crippen LogP contribution in [0, 0.1) is 0 Å². The molecule has 0 aliphatic heterocycles. The summed E-state index contributed by atoms with van der Waals surface area (Å²) < 4.78 is 11.1. The maximum Gasteiger partial charge on any atom is 0.321 e. The number of anilines is 1. The number of carbonyl (C=O) groups is 1. The maximum atomic E-state index is 11.5. The van der Waals surface area contributed by atoms with Crippen molar-refractivity contribution < 1.29 is 14.3 Å². The van der Waals surface area contributed by atoms with E-state index in [1.165, 1.54) is 4.90 Å². The third-order valence-corrected chi connectivity index (χ3v) is 2.88. The Kier molecular flexibility index (Phi) is 5.25. The molecule has 0 bridgehead atoms. The molecule has 0 saturated heterocycles. The second-order valence-corrected chi connectivity index (χ2v) is 4.86. The van der Waals surface area contributed by atoms with Gasteiger partial charge in [0.25, 0.3) is 0 Å². The molecule has 0 heterocycles. The van der Waals surface area contributed by atoms with E-state index < -0.39 is 0 Å². The highest BCUT2D eigenvalue weighted by atomic mass is 16.5. The maximum absolute atomic E-state index is 11.5. The zero-order valence-corrected chi connectivity index (χ0v) is 13.0. The van der Waals surface area contributed by atoms with Gasteiger partial charge in [-0.25, -0.2) is 4.79 Å². The lowest BCUT2D eigenvalue weighted by molar-refractivity contribution is 0.230. The van der Waals surface area contributed by atoms with Gasteiger partial charge in [-0.1, -0.05) is 0 Å². The van der Waals surface area contributed by atoms with E-state index in [0.29, 0.717) is 12.4 Å². The first-order valence-corrected chi connectivity index (χ1v) is 7.07. The van der Waals surface area contributed by atoms with Crippen LogP contribution >= 0.6 is 0 Å². The summed E-state index contributed by atoms with van der Waals surface area (Å²) in [6.07, 6.45) is 0. The number of ether oxygens (including phenoxy) is 2. The Hall–Kier alpha value is -2.69. The van der Waals surface area contributed by atoms with Crippen LogP contribution in [0.2, 0.25) is 0 Å². The summed E-state index contributed by atoms with van der Waals surface area (Å²) in [5.41, 5.74) is 0.720. The molecule has 2 rings (SSSR count). The molecule has 5 nitrogen and oxygen atoms in total. The summed E-state index contributed by atoms with van der Waals surface area (Å²) >= 11 is 0. The highest BCUT2D eigenvalue weighted by Crippen LogP contribution is 2.25. The van der Waals surface area contributed by atoms with Gasteiger partial charge in [-0.15, -0.1) is 0 Å². The number of nitrogens with one attached hydrogen (secondary N) is 1. The van der Waals surface area contributed by atoms with Crippen molar-refractivity contribution in [1.29, 1.82) is 0 Å². The molecular weight excluding hydrogens is 280 g/mol. The van der Waals surface area contributed by atoms with Crippen LogP contribution in [0.4, 0.5) is 10.5 Å². The van der Waals surface area contributed by atoms with E-state index in [1.54, 1.807) is 26.2 Å². The third-order valence-electron chi connectivity index (χ3n) is 2.88. The van der Waals surface area contributed by atoms with Crippen LogP contribution in [-0.4, -0.2) is 31.6 Å². The molecule has 2 amide bonds. The highest BCUT2D eigenvalue weighted by molar-refractivity contribution is 5.88. The summed E-state index contributed by atoms with van der Waals surface area (Å²) in [4.78, 5) is 13.0. The number of hydrogen-bond donors (Lipinski definition) is 1. The first-order chi connectivity index (χ1) is 10.6. The first kappa shape index (κ1) is 15.7. The Labute approximate surface area is 130 Å². The minimum atomic E-state index is -0.166. The van der Waals surface area contributed by atoms with Gasteiger partial charge in [-0.05, 0) is 55.5 Å². The molecule has 5 heteroatoms. The molecule has 0 aliphatic rings. The zero-order valence-electron chi connectivity index (χ0n) is 13.0. The molecule has 2 aromatic rings. The Bertz CT molecular complexity index is 607. The highest BCUT2D eigenvalue weighted by Gasteiger charge is 2.04. The minimum Gasteiger partial charge on any atom is -0.494 e. The lowest BCUT2D eigenvalue weighted by Gasteiger charge is -2.12. The Morgan fingerprint density at radius 3 is 1.95 bits per heavy atom. The topological polar surface area (TPSA) is 50.8 Å². The number of rotatable bonds is 5. The van der Waals surface area contributed by atoms with Crippen LogP contribution in [0.1, 0.15) is 6.92 Å². The van der Waals surface area contributed by atoms with Gasteiger partial charge in [-0.3, -0.25) is 0 Å². The van der Waals surface area contributed by atoms with Gasteiger partial charge in [-0.2, -0.15) is 0 Å². The van der Waals surface area contributed by atoms with Gasteiger partial charge in [0, 0.05) is 19.8 Å². The minimum absolute atomic E-state index is 0.166. The predicted molar refractivity (Wildman–Crippen MR) is 86.8 cm³/mol. The summed E-state index contributed by atoms with van der Waals surface area (Å²) in [7, 11) is 3.39. The van der Waals surface area contributed by atoms with Crippen LogP contribution in [0.15, 0.2) is 48.5 Å². The Morgan fingerprint density at radius 2 is 1.45 bits per heavy atom. The van der Waals surface area contributed by atoms with Gasteiger partial charge < -0.3 is 19.7 Å². The summed E-state index contributed by atoms with van der Waals surface area (Å²) in [5, 5.41) is 2.77. The summed E-state index contributed by atoms with van der Waals surface area (Å²) in [6.45, 7) is 2.58. The van der Waals surface area contributed by atoms with Crippen molar-refractivity contribution >= 4 is 11.7 Å². The van der Waals surface area contributed by atoms with Crippen molar-refractivity contribution in [2.75, 3.05) is 26.0 Å². The molecule has 0 radical (unpaired) electrons. The number of urea groups is 1. The Morgan fingerprint density at radius 1 is 0.955 bits per heavy atom. The van der Waals surface area contributed by atoms with Crippen molar-refractivity contribution in [3.8, 4) is 17.2 Å². The summed E-state index contributed by atoms with van der Waals surface area (Å²) in [5.74, 6) is 2.25. The number of benzene rings is 2. The monoisotopic (exact) mass is 300 g/mol. The third kappa shape index (κ3) is 4.41. The van der Waals surface area contributed by atoms with E-state index >= 15 is 0 Å². The van der Waals surface area contributed by atoms with Crippen molar-refractivity contribution in [3.63, 3.8) is 0 Å². The SMILES string of the molecule is CCOc1ccc(Oc2ccc(NC(=O)N(C)C)cc2)cc1. The molecule has 0 aromatic heterocycles. The number of carbonyl (C=O) groups excluding carboxylic acids is 1. The predicted octanol–water partition coefficient (Wildman–Crippen LogP) is 3.97. The number of hydrogen-bond acceptors (Lipinski definition) is 3. The van der Waals surface area contributed by atoms with Gasteiger partial charge in [0.15, 0.2) is 0 Å². The van der Waals surface area contributed by atoms with Crippen molar-refractivity contribution in [1.82, 2.24) is 4.90 Å². The fraction of sp³-hybridized carbons (Fsp3) is 0.235. The molecule has 0 saturated carbocycles. The second-order valence-electron chi connectivity index (χ2n) is 4.86. The molecule has 0 aliphatic carbocycles. The molecule has 2 aromatic carbocycles. The fourth-order valence-electron chi connectivity index (χ4n) is 1.75.